The Labute approximate surface area is 115 Å². The van der Waals surface area contributed by atoms with Gasteiger partial charge in [0, 0.05) is 18.6 Å². The van der Waals surface area contributed by atoms with Crippen molar-refractivity contribution in [2.75, 3.05) is 40.3 Å². The van der Waals surface area contributed by atoms with Crippen LogP contribution in [0.25, 0.3) is 0 Å². The fraction of sp³-hybridized carbons (Fsp3) is 1.00. The quantitative estimate of drug-likeness (QED) is 0.613. The number of rotatable bonds is 11. The summed E-state index contributed by atoms with van der Waals surface area (Å²) in [6, 6.07) is 1.32. The smallest absolute Gasteiger partial charge is 0.0192 e. The van der Waals surface area contributed by atoms with E-state index in [0.29, 0.717) is 12.1 Å². The summed E-state index contributed by atoms with van der Waals surface area (Å²) in [4.78, 5) is 4.85. The van der Waals surface area contributed by atoms with Crippen molar-refractivity contribution in [3.05, 3.63) is 0 Å². The number of nitrogens with zero attached hydrogens (tertiary/aromatic N) is 2. The summed E-state index contributed by atoms with van der Waals surface area (Å²) in [5.41, 5.74) is 0. The van der Waals surface area contributed by atoms with Crippen molar-refractivity contribution < 1.29 is 0 Å². The molecule has 0 spiro atoms. The van der Waals surface area contributed by atoms with Gasteiger partial charge in [-0.25, -0.2) is 0 Å². The lowest BCUT2D eigenvalue weighted by molar-refractivity contribution is 0.199. The summed E-state index contributed by atoms with van der Waals surface area (Å²) in [6.07, 6.45) is 3.72. The van der Waals surface area contributed by atoms with Crippen molar-refractivity contribution in [3.8, 4) is 0 Å². The van der Waals surface area contributed by atoms with E-state index in [1.807, 2.05) is 0 Å². The second-order valence-electron chi connectivity index (χ2n) is 5.56. The molecule has 0 saturated carbocycles. The summed E-state index contributed by atoms with van der Waals surface area (Å²) in [5, 5.41) is 3.68. The first kappa shape index (κ1) is 17.9. The van der Waals surface area contributed by atoms with Gasteiger partial charge in [0.1, 0.15) is 0 Å². The summed E-state index contributed by atoms with van der Waals surface area (Å²) in [6.45, 7) is 13.8. The Bertz CT molecular complexity index is 179. The van der Waals surface area contributed by atoms with Crippen LogP contribution in [0.1, 0.15) is 47.0 Å². The highest BCUT2D eigenvalue weighted by molar-refractivity contribution is 4.72. The Morgan fingerprint density at radius 3 is 2.06 bits per heavy atom. The first-order valence-corrected chi connectivity index (χ1v) is 7.67. The van der Waals surface area contributed by atoms with Crippen LogP contribution in [0.15, 0.2) is 0 Å². The van der Waals surface area contributed by atoms with Crippen LogP contribution in [0.5, 0.6) is 0 Å². The molecule has 0 radical (unpaired) electrons. The normalized spacial score (nSPS) is 13.8. The molecule has 1 atom stereocenters. The van der Waals surface area contributed by atoms with Gasteiger partial charge in [-0.05, 0) is 59.9 Å². The maximum Gasteiger partial charge on any atom is 0.0192 e. The monoisotopic (exact) mass is 257 g/mol. The second kappa shape index (κ2) is 10.8. The van der Waals surface area contributed by atoms with E-state index in [9.17, 15) is 0 Å². The van der Waals surface area contributed by atoms with Crippen molar-refractivity contribution in [2.45, 2.75) is 59.0 Å². The molecular weight excluding hydrogens is 222 g/mol. The van der Waals surface area contributed by atoms with Crippen molar-refractivity contribution in [1.29, 1.82) is 0 Å². The highest BCUT2D eigenvalue weighted by Gasteiger charge is 2.13. The Morgan fingerprint density at radius 2 is 1.61 bits per heavy atom. The highest BCUT2D eigenvalue weighted by atomic mass is 15.2. The van der Waals surface area contributed by atoms with Gasteiger partial charge < -0.3 is 10.2 Å². The molecule has 110 valence electrons. The van der Waals surface area contributed by atoms with Gasteiger partial charge in [-0.2, -0.15) is 0 Å². The first-order valence-electron chi connectivity index (χ1n) is 7.67. The van der Waals surface area contributed by atoms with E-state index in [2.05, 4.69) is 56.9 Å². The van der Waals surface area contributed by atoms with Crippen LogP contribution in [0.3, 0.4) is 0 Å². The summed E-state index contributed by atoms with van der Waals surface area (Å²) in [5.74, 6) is 0. The standard InChI is InChI=1S/C15H35N3/c1-7-15(8-2)16-13-14(4)18(9-3)12-10-11-17(5)6/h14-16H,7-13H2,1-6H3. The van der Waals surface area contributed by atoms with E-state index in [0.717, 1.165) is 13.1 Å². The second-order valence-corrected chi connectivity index (χ2v) is 5.56. The zero-order valence-corrected chi connectivity index (χ0v) is 13.5. The molecule has 0 aliphatic heterocycles. The van der Waals surface area contributed by atoms with Crippen LogP contribution >= 0.6 is 0 Å². The molecule has 0 saturated heterocycles. The Balaban J connectivity index is 3.90. The SMILES string of the molecule is CCC(CC)NCC(C)N(CC)CCCN(C)C. The summed E-state index contributed by atoms with van der Waals surface area (Å²) in [7, 11) is 4.29. The molecule has 0 aliphatic carbocycles. The van der Waals surface area contributed by atoms with Crippen LogP contribution in [0.2, 0.25) is 0 Å². The van der Waals surface area contributed by atoms with Crippen molar-refractivity contribution in [1.82, 2.24) is 15.1 Å². The zero-order chi connectivity index (χ0) is 14.0. The minimum atomic E-state index is 0.637. The van der Waals surface area contributed by atoms with E-state index in [-0.39, 0.29) is 0 Å². The molecular formula is C15H35N3. The fourth-order valence-electron chi connectivity index (χ4n) is 2.32. The van der Waals surface area contributed by atoms with Crippen molar-refractivity contribution in [2.24, 2.45) is 0 Å². The van der Waals surface area contributed by atoms with Crippen LogP contribution in [0, 0.1) is 0 Å². The molecule has 0 aromatic carbocycles. The fourth-order valence-corrected chi connectivity index (χ4v) is 2.32. The van der Waals surface area contributed by atoms with Gasteiger partial charge in [-0.1, -0.05) is 20.8 Å². The highest BCUT2D eigenvalue weighted by Crippen LogP contribution is 2.02. The van der Waals surface area contributed by atoms with Crippen LogP contribution in [-0.4, -0.2) is 62.2 Å². The molecule has 0 rings (SSSR count). The Morgan fingerprint density at radius 1 is 1.00 bits per heavy atom. The third-order valence-electron chi connectivity index (χ3n) is 3.77. The molecule has 0 aromatic heterocycles. The molecule has 0 heterocycles. The van der Waals surface area contributed by atoms with Crippen LogP contribution in [0.4, 0.5) is 0 Å². The lowest BCUT2D eigenvalue weighted by atomic mass is 10.1. The predicted octanol–water partition coefficient (Wildman–Crippen LogP) is 2.43. The average Bonchev–Trinajstić information content (AvgIpc) is 2.35. The van der Waals surface area contributed by atoms with Gasteiger partial charge >= 0.3 is 0 Å². The third kappa shape index (κ3) is 8.06. The Hall–Kier alpha value is -0.120. The topological polar surface area (TPSA) is 18.5 Å². The van der Waals surface area contributed by atoms with Crippen molar-refractivity contribution in [3.63, 3.8) is 0 Å². The van der Waals surface area contributed by atoms with Gasteiger partial charge in [0.15, 0.2) is 0 Å². The average molecular weight is 257 g/mol. The predicted molar refractivity (Wildman–Crippen MR) is 82.3 cm³/mol. The minimum absolute atomic E-state index is 0.637. The van der Waals surface area contributed by atoms with E-state index in [4.69, 9.17) is 0 Å². The Kier molecular flexibility index (Phi) is 10.7. The van der Waals surface area contributed by atoms with Gasteiger partial charge in [-0.15, -0.1) is 0 Å². The molecule has 1 N–H and O–H groups in total. The van der Waals surface area contributed by atoms with Crippen molar-refractivity contribution >= 4 is 0 Å². The lowest BCUT2D eigenvalue weighted by Gasteiger charge is -2.30. The van der Waals surface area contributed by atoms with E-state index < -0.39 is 0 Å². The van der Waals surface area contributed by atoms with Crippen LogP contribution in [-0.2, 0) is 0 Å². The lowest BCUT2D eigenvalue weighted by Crippen LogP contribution is -2.44. The maximum absolute atomic E-state index is 3.68. The molecule has 0 fully saturated rings. The largest absolute Gasteiger partial charge is 0.312 e. The van der Waals surface area contributed by atoms with E-state index in [1.54, 1.807) is 0 Å². The molecule has 0 aromatic rings. The minimum Gasteiger partial charge on any atom is -0.312 e. The molecule has 0 amide bonds. The summed E-state index contributed by atoms with van der Waals surface area (Å²) >= 11 is 0. The van der Waals surface area contributed by atoms with E-state index in [1.165, 1.54) is 32.4 Å². The number of likely N-dealkylation sites (N-methyl/N-ethyl adjacent to an activating group) is 1. The van der Waals surface area contributed by atoms with Gasteiger partial charge in [0.05, 0.1) is 0 Å². The zero-order valence-electron chi connectivity index (χ0n) is 13.5. The molecule has 1 unspecified atom stereocenters. The van der Waals surface area contributed by atoms with Gasteiger partial charge in [-0.3, -0.25) is 4.90 Å². The maximum atomic E-state index is 3.68. The third-order valence-corrected chi connectivity index (χ3v) is 3.77. The number of nitrogens with one attached hydrogen (secondary N) is 1. The molecule has 0 bridgehead atoms. The van der Waals surface area contributed by atoms with Crippen LogP contribution < -0.4 is 5.32 Å². The number of hydrogen-bond acceptors (Lipinski definition) is 3. The van der Waals surface area contributed by atoms with Gasteiger partial charge in [0.25, 0.3) is 0 Å². The van der Waals surface area contributed by atoms with E-state index >= 15 is 0 Å². The molecule has 18 heavy (non-hydrogen) atoms. The van der Waals surface area contributed by atoms with Gasteiger partial charge in [0.2, 0.25) is 0 Å². The molecule has 0 aliphatic rings. The first-order chi connectivity index (χ1) is 8.54. The molecule has 3 nitrogen and oxygen atoms in total. The number of hydrogen-bond donors (Lipinski definition) is 1. The molecule has 3 heteroatoms. The summed E-state index contributed by atoms with van der Waals surface area (Å²) < 4.78 is 0.